The average molecular weight is 16800 g/mol. The maximum atomic E-state index is 3.51. The van der Waals surface area contributed by atoms with Crippen molar-refractivity contribution in [3.05, 3.63) is 0 Å². The van der Waals surface area contributed by atoms with Crippen molar-refractivity contribution >= 4 is 1760 Å². The molecule has 0 aliphatic carbocycles. The third kappa shape index (κ3) is 92.6. The minimum absolute atomic E-state index is 0.498. The van der Waals surface area contributed by atoms with Crippen LogP contribution in [0.2, 0.25) is 0 Å². The van der Waals surface area contributed by atoms with Crippen LogP contribution >= 0.6 is 1760 Å². The summed E-state index contributed by atoms with van der Waals surface area (Å²) < 4.78 is 0. The Morgan fingerprint density at radius 1 is 0.0379 bits per heavy atom. The second-order valence-electron chi connectivity index (χ2n) is 10.5. The van der Waals surface area contributed by atoms with E-state index >= 15 is 0 Å². The van der Waals surface area contributed by atoms with Crippen molar-refractivity contribution in [2.24, 2.45) is 0 Å². The fourth-order valence-corrected chi connectivity index (χ4v) is 26400. The van der Waals surface area contributed by atoms with E-state index in [1.54, 1.807) is 0 Å². The van der Waals surface area contributed by atoms with Gasteiger partial charge in [-0.1, -0.05) is 0 Å². The fraction of sp³-hybridized carbons (Fsp3) is 0. The van der Waals surface area contributed by atoms with E-state index in [1.807, 2.05) is 0 Å². The molecule has 0 amide bonds. The Kier molecular flexibility index (Phi) is 237. The Hall–Kier alpha value is 96.4. The molecule has 0 unspecified atom stereocenters. The molecule has 0 aromatic heterocycles. The molecular weight excluding hydrogens is 16800 g/mol. The van der Waals surface area contributed by atoms with E-state index in [0.717, 1.165) is 0 Å². The van der Waals surface area contributed by atoms with Crippen molar-refractivity contribution < 1.29 is 0 Å². The number of hydrogen-bond donors (Lipinski definition) is 0. The van der Waals surface area contributed by atoms with Gasteiger partial charge in [0.15, 0.2) is 0 Å². The second kappa shape index (κ2) is 137. The summed E-state index contributed by atoms with van der Waals surface area (Å²) in [7, 11) is -41.5. The first-order valence-corrected chi connectivity index (χ1v) is 842. The van der Waals surface area contributed by atoms with Crippen molar-refractivity contribution in [1.29, 1.82) is 0 Å². The van der Waals surface area contributed by atoms with E-state index in [-0.39, 0.29) is 0 Å². The van der Waals surface area contributed by atoms with Gasteiger partial charge in [0.1, 0.15) is 0 Å². The molecule has 0 rings (SSSR count). The van der Waals surface area contributed by atoms with Gasteiger partial charge >= 0.3 is 1760 Å². The summed E-state index contributed by atoms with van der Waals surface area (Å²) in [4.78, 5) is 0. The number of halogens is 132. The zero-order chi connectivity index (χ0) is 105. The number of hydrogen-bond acceptors (Lipinski definition) is 0. The van der Waals surface area contributed by atoms with E-state index in [2.05, 4.69) is 1250 Å². The molecule has 0 aliphatic rings. The van der Waals surface area contributed by atoms with Gasteiger partial charge in [-0.15, -0.1) is 0 Å². The van der Waals surface area contributed by atoms with Crippen LogP contribution in [0.5, 0.6) is 0 Å². The topological polar surface area (TPSA) is 0 Å². The molecule has 0 nitrogen and oxygen atoms in total. The minimum atomic E-state index is -0.684. The first-order valence-electron chi connectivity index (χ1n) is 18.7. The van der Waals surface area contributed by atoms with Crippen molar-refractivity contribution in [1.82, 2.24) is 0 Å². The van der Waals surface area contributed by atoms with E-state index < -0.39 is 513 Å². The van der Waals surface area contributed by atoms with Gasteiger partial charge in [-0.3, -0.25) is 0 Å². The van der Waals surface area contributed by atoms with Gasteiger partial charge in [-0.2, -0.15) is 0 Å². The first kappa shape index (κ1) is 228. The number of rotatable bonds is 64. The third-order valence-electron chi connectivity index (χ3n) is 5.22. The Labute approximate surface area is 1650 Å². The molecule has 0 aromatic carbocycles. The van der Waals surface area contributed by atoms with Crippen LogP contribution in [0.4, 0.5) is 0 Å². The summed E-state index contributed by atoms with van der Waals surface area (Å²) in [6, 6.07) is 0. The van der Waals surface area contributed by atoms with Crippen molar-refractivity contribution in [3.63, 3.8) is 0 Å². The summed E-state index contributed by atoms with van der Waals surface area (Å²) in [5.41, 5.74) is 0. The first-order chi connectivity index (χ1) is 60.0. The van der Waals surface area contributed by atoms with Gasteiger partial charge in [-0.05, 0) is 0 Å². The molecule has 0 bridgehead atoms. The molecular formula is I132. The predicted molar refractivity (Wildman–Crippen MR) is 1850 cm³/mol. The van der Waals surface area contributed by atoms with Gasteiger partial charge in [0, 0.05) is 0 Å². The quantitative estimate of drug-likeness (QED) is 0.0533. The predicted octanol–water partition coefficient (Wildman–Crippen LogP) is 117. The molecule has 132 heteroatoms. The van der Waals surface area contributed by atoms with Crippen LogP contribution in [-0.4, -0.2) is 0 Å². The monoisotopic (exact) mass is 16800 g/mol. The van der Waals surface area contributed by atoms with E-state index in [1.165, 1.54) is 0 Å². The Balaban J connectivity index is 5.99. The molecule has 0 aromatic rings. The van der Waals surface area contributed by atoms with E-state index in [0.29, 0.717) is 0 Å². The van der Waals surface area contributed by atoms with E-state index in [9.17, 15) is 0 Å². The van der Waals surface area contributed by atoms with Gasteiger partial charge < -0.3 is 0 Å². The second-order valence-corrected chi connectivity index (χ2v) is 3180. The van der Waals surface area contributed by atoms with Gasteiger partial charge in [0.05, 0.1) is 0 Å². The molecule has 0 aliphatic heterocycles. The SMILES string of the molecule is II(I)I(I)I(I)I(I)I(I)I(I)I(I)I(I)I(I)I(I)I(I)I(I)I(I)I(I)I(I)I(I)I(I)I(I)I(I)I(I)I(I)I(I)I(I)I(I)I(I)I(I)I(I)I(I)I(I)I(I)I(I)I(I)I(I)I(I)I(I)I(I)I(I)I(I)I(I)I(I)I(I)I(I)I(I)I(I)I(I)I(I)I(I)I(I)I(I)I(I)I(I)I(I)I(I)I(I)I(I)I(I)I(I)I(I)I(I)I(I)I(I)I(I)I(I)I(I)I(I)I. The van der Waals surface area contributed by atoms with Crippen LogP contribution in [0.3, 0.4) is 0 Å². The summed E-state index contributed by atoms with van der Waals surface area (Å²) >= 11 is 229. The molecule has 0 heterocycles. The van der Waals surface area contributed by atoms with Crippen molar-refractivity contribution in [3.8, 4) is 0 Å². The summed E-state index contributed by atoms with van der Waals surface area (Å²) in [5, 5.41) is 0. The van der Waals surface area contributed by atoms with Crippen LogP contribution in [0, 0.1) is 0 Å². The summed E-state index contributed by atoms with van der Waals surface area (Å²) in [5.74, 6) is 0. The van der Waals surface area contributed by atoms with Crippen molar-refractivity contribution in [2.75, 3.05) is 0 Å². The maximum absolute atomic E-state index is 3.51. The van der Waals surface area contributed by atoms with Crippen LogP contribution < -0.4 is 0 Å². The Morgan fingerprint density at radius 2 is 0.0606 bits per heavy atom. The summed E-state index contributed by atoms with van der Waals surface area (Å²) in [6.07, 6.45) is 0. The van der Waals surface area contributed by atoms with Gasteiger partial charge in [0.25, 0.3) is 0 Å². The molecule has 0 fully saturated rings. The van der Waals surface area contributed by atoms with Crippen LogP contribution in [0.15, 0.2) is 0 Å². The standard InChI is InChI=1S/I132/c1-68(2)70(5)72(7)74(9)76(11)78(13)80(15)82(17)84(19)86(21)88(23)90(25)92(27)94(29)96(31)98(33)100(35)102(37)104(39)106(41)108(43)110(45)112(47)114(49)116(51)118(53)120(55)122(57)124(59)126(61)128(63)130(65)132(67)131(66)129(64)127(62)125(60)123(58)121(56)119(54)117(52)115(50)113(48)111(46)109(44)107(42)105(40)103(38)101(36)99(34)97(32)95(30)93(28)91(26)89(24)87(22)85(20)83(18)81(16)79(14)77(12)75(10)73(8)71(6)69(3)4. The normalized spacial score (nSPS) is 19.2. The van der Waals surface area contributed by atoms with Crippen LogP contribution in [-0.2, 0) is 0 Å². The molecule has 0 saturated heterocycles. The van der Waals surface area contributed by atoms with Crippen molar-refractivity contribution in [2.45, 2.75) is 0 Å². The van der Waals surface area contributed by atoms with Crippen LogP contribution in [0.1, 0.15) is 0 Å². The molecule has 0 saturated carbocycles. The average Bonchev–Trinajstić information content (AvgIpc) is 0.824. The molecule has 0 radical (unpaired) electrons. The molecule has 0 spiro atoms. The molecule has 924 valence electrons. The molecule has 132 heavy (non-hydrogen) atoms. The van der Waals surface area contributed by atoms with Crippen LogP contribution in [0.25, 0.3) is 0 Å². The molecule has 0 N–H and O–H groups in total. The zero-order valence-electron chi connectivity index (χ0n) is 49.9. The summed E-state index contributed by atoms with van der Waals surface area (Å²) in [6.45, 7) is 0. The van der Waals surface area contributed by atoms with Gasteiger partial charge in [-0.25, -0.2) is 0 Å². The fourth-order valence-electron chi connectivity index (χ4n) is 1.94. The third-order valence-corrected chi connectivity index (χ3v) is 10600. The Bertz CT molecular complexity index is 2600. The Morgan fingerprint density at radius 3 is 0.0833 bits per heavy atom. The molecule has 0 atom stereocenters. The van der Waals surface area contributed by atoms with E-state index in [4.69, 9.17) is 0 Å². The zero-order valence-corrected chi connectivity index (χ0v) is 335. The van der Waals surface area contributed by atoms with Gasteiger partial charge in [0.2, 0.25) is 0 Å².